The molecule has 2 rings (SSSR count). The normalized spacial score (nSPS) is 12.2. The monoisotopic (exact) mass is 268 g/mol. The minimum absolute atomic E-state index is 0.191. The smallest absolute Gasteiger partial charge is 0.338 e. The first kappa shape index (κ1) is 14.3. The molecule has 0 unspecified atom stereocenters. The average molecular weight is 268 g/mol. The van der Waals surface area contributed by atoms with E-state index >= 15 is 0 Å². The fraction of sp³-hybridized carbons (Fsp3) is 0.278. The summed E-state index contributed by atoms with van der Waals surface area (Å²) in [4.78, 5) is 12.2. The Balaban J connectivity index is 2.14. The van der Waals surface area contributed by atoms with Crippen molar-refractivity contribution >= 4 is 5.97 Å². The molecule has 0 aromatic heterocycles. The number of carbonyl (C=O) groups excluding carboxylic acids is 1. The van der Waals surface area contributed by atoms with E-state index in [1.807, 2.05) is 48.5 Å². The lowest BCUT2D eigenvalue weighted by Gasteiger charge is -2.20. The Morgan fingerprint density at radius 1 is 0.950 bits per heavy atom. The molecule has 0 saturated carbocycles. The molecule has 0 heterocycles. The Morgan fingerprint density at radius 2 is 1.50 bits per heavy atom. The van der Waals surface area contributed by atoms with Gasteiger partial charge in [0.15, 0.2) is 0 Å². The van der Waals surface area contributed by atoms with Crippen molar-refractivity contribution in [2.45, 2.75) is 26.4 Å². The van der Waals surface area contributed by atoms with Crippen LogP contribution in [0.15, 0.2) is 60.7 Å². The van der Waals surface area contributed by atoms with Gasteiger partial charge in [0.25, 0.3) is 0 Å². The maximum atomic E-state index is 12.2. The lowest BCUT2D eigenvalue weighted by Crippen LogP contribution is -2.13. The summed E-state index contributed by atoms with van der Waals surface area (Å²) < 4.78 is 5.69. The van der Waals surface area contributed by atoms with Gasteiger partial charge in [-0.05, 0) is 30.0 Å². The maximum Gasteiger partial charge on any atom is 0.338 e. The van der Waals surface area contributed by atoms with Gasteiger partial charge in [0.05, 0.1) is 5.56 Å². The zero-order valence-corrected chi connectivity index (χ0v) is 12.0. The molecule has 20 heavy (non-hydrogen) atoms. The van der Waals surface area contributed by atoms with Gasteiger partial charge < -0.3 is 4.74 Å². The number of carbonyl (C=O) groups is 1. The van der Waals surface area contributed by atoms with E-state index in [2.05, 4.69) is 13.8 Å². The van der Waals surface area contributed by atoms with Crippen molar-refractivity contribution in [3.63, 3.8) is 0 Å². The quantitative estimate of drug-likeness (QED) is 0.739. The number of benzene rings is 2. The first-order valence-corrected chi connectivity index (χ1v) is 6.98. The molecule has 0 aliphatic heterocycles. The second kappa shape index (κ2) is 6.90. The van der Waals surface area contributed by atoms with Crippen molar-refractivity contribution in [3.8, 4) is 0 Å². The zero-order chi connectivity index (χ0) is 14.4. The van der Waals surface area contributed by atoms with Gasteiger partial charge in [-0.1, -0.05) is 62.4 Å². The minimum Gasteiger partial charge on any atom is -0.454 e. The fourth-order valence-electron chi connectivity index (χ4n) is 2.12. The van der Waals surface area contributed by atoms with E-state index in [0.717, 1.165) is 12.0 Å². The summed E-state index contributed by atoms with van der Waals surface area (Å²) in [6.07, 6.45) is 0.631. The molecule has 2 aromatic carbocycles. The number of hydrogen-bond acceptors (Lipinski definition) is 2. The van der Waals surface area contributed by atoms with Crippen molar-refractivity contribution in [3.05, 3.63) is 71.8 Å². The van der Waals surface area contributed by atoms with E-state index in [-0.39, 0.29) is 12.1 Å². The van der Waals surface area contributed by atoms with Gasteiger partial charge in [-0.3, -0.25) is 0 Å². The van der Waals surface area contributed by atoms with Crippen molar-refractivity contribution in [1.82, 2.24) is 0 Å². The topological polar surface area (TPSA) is 26.3 Å². The first-order valence-electron chi connectivity index (χ1n) is 6.98. The molecule has 0 amide bonds. The van der Waals surface area contributed by atoms with Gasteiger partial charge in [-0.15, -0.1) is 0 Å². The summed E-state index contributed by atoms with van der Waals surface area (Å²) in [5, 5.41) is 0. The van der Waals surface area contributed by atoms with Crippen LogP contribution in [0.25, 0.3) is 0 Å². The van der Waals surface area contributed by atoms with Crippen LogP contribution in [-0.2, 0) is 4.74 Å². The standard InChI is InChI=1S/C18H20O2/c1-14(2)13-17(15-9-5-3-6-10-15)20-18(19)16-11-7-4-8-12-16/h3-12,14,17H,13H2,1-2H3/t17-/m1/s1. The third-order valence-corrected chi connectivity index (χ3v) is 3.12. The van der Waals surface area contributed by atoms with E-state index in [9.17, 15) is 4.79 Å². The molecule has 0 fully saturated rings. The van der Waals surface area contributed by atoms with Gasteiger partial charge in [-0.25, -0.2) is 4.79 Å². The van der Waals surface area contributed by atoms with Crippen LogP contribution in [0.2, 0.25) is 0 Å². The predicted molar refractivity (Wildman–Crippen MR) is 80.5 cm³/mol. The highest BCUT2D eigenvalue weighted by Crippen LogP contribution is 2.26. The van der Waals surface area contributed by atoms with Gasteiger partial charge in [0, 0.05) is 0 Å². The largest absolute Gasteiger partial charge is 0.454 e. The Morgan fingerprint density at radius 3 is 2.05 bits per heavy atom. The Kier molecular flexibility index (Phi) is 4.94. The molecule has 0 bridgehead atoms. The number of hydrogen-bond donors (Lipinski definition) is 0. The molecular weight excluding hydrogens is 248 g/mol. The molecule has 2 aromatic rings. The second-order valence-electron chi connectivity index (χ2n) is 5.30. The van der Waals surface area contributed by atoms with Crippen molar-refractivity contribution in [2.75, 3.05) is 0 Å². The van der Waals surface area contributed by atoms with Crippen molar-refractivity contribution in [2.24, 2.45) is 5.92 Å². The molecule has 2 nitrogen and oxygen atoms in total. The van der Waals surface area contributed by atoms with Gasteiger partial charge >= 0.3 is 5.97 Å². The third kappa shape index (κ3) is 3.95. The number of ether oxygens (including phenoxy) is 1. The number of esters is 1. The van der Waals surface area contributed by atoms with Crippen LogP contribution in [0.1, 0.15) is 42.3 Å². The molecular formula is C18H20O2. The Labute approximate surface area is 120 Å². The highest BCUT2D eigenvalue weighted by molar-refractivity contribution is 5.89. The molecule has 0 spiro atoms. The average Bonchev–Trinajstić information content (AvgIpc) is 2.48. The van der Waals surface area contributed by atoms with E-state index in [0.29, 0.717) is 11.5 Å². The first-order chi connectivity index (χ1) is 9.66. The van der Waals surface area contributed by atoms with Crippen LogP contribution in [-0.4, -0.2) is 5.97 Å². The summed E-state index contributed by atoms with van der Waals surface area (Å²) >= 11 is 0. The van der Waals surface area contributed by atoms with Gasteiger partial charge in [0.1, 0.15) is 6.10 Å². The molecule has 0 N–H and O–H groups in total. The van der Waals surface area contributed by atoms with E-state index in [1.54, 1.807) is 12.1 Å². The molecule has 0 aliphatic carbocycles. The van der Waals surface area contributed by atoms with Crippen LogP contribution in [0.3, 0.4) is 0 Å². The molecule has 0 aliphatic rings. The molecule has 2 heteroatoms. The minimum atomic E-state index is -0.264. The third-order valence-electron chi connectivity index (χ3n) is 3.12. The Bertz CT molecular complexity index is 532. The van der Waals surface area contributed by atoms with Crippen molar-refractivity contribution in [1.29, 1.82) is 0 Å². The highest BCUT2D eigenvalue weighted by Gasteiger charge is 2.18. The molecule has 1 atom stereocenters. The fourth-order valence-corrected chi connectivity index (χ4v) is 2.12. The Hall–Kier alpha value is -2.09. The lowest BCUT2D eigenvalue weighted by molar-refractivity contribution is 0.0248. The van der Waals surface area contributed by atoms with E-state index < -0.39 is 0 Å². The molecule has 104 valence electrons. The van der Waals surface area contributed by atoms with Gasteiger partial charge in [0.2, 0.25) is 0 Å². The van der Waals surface area contributed by atoms with E-state index in [4.69, 9.17) is 4.74 Å². The van der Waals surface area contributed by atoms with E-state index in [1.165, 1.54) is 0 Å². The maximum absolute atomic E-state index is 12.2. The molecule has 0 radical (unpaired) electrons. The summed E-state index contributed by atoms with van der Waals surface area (Å²) in [5.74, 6) is 0.198. The summed E-state index contributed by atoms with van der Waals surface area (Å²) in [5.41, 5.74) is 1.64. The summed E-state index contributed by atoms with van der Waals surface area (Å²) in [6.45, 7) is 4.26. The van der Waals surface area contributed by atoms with Crippen LogP contribution >= 0.6 is 0 Å². The van der Waals surface area contributed by atoms with Crippen molar-refractivity contribution < 1.29 is 9.53 Å². The summed E-state index contributed by atoms with van der Waals surface area (Å²) in [7, 11) is 0. The predicted octanol–water partition coefficient (Wildman–Crippen LogP) is 4.63. The van der Waals surface area contributed by atoms with Crippen LogP contribution in [0.5, 0.6) is 0 Å². The zero-order valence-electron chi connectivity index (χ0n) is 12.0. The van der Waals surface area contributed by atoms with Gasteiger partial charge in [-0.2, -0.15) is 0 Å². The highest BCUT2D eigenvalue weighted by atomic mass is 16.5. The van der Waals surface area contributed by atoms with Crippen LogP contribution in [0, 0.1) is 5.92 Å². The van der Waals surface area contributed by atoms with Crippen LogP contribution in [0.4, 0.5) is 0 Å². The summed E-state index contributed by atoms with van der Waals surface area (Å²) in [6, 6.07) is 19.1. The van der Waals surface area contributed by atoms with Crippen LogP contribution < -0.4 is 0 Å². The SMILES string of the molecule is CC(C)C[C@@H](OC(=O)c1ccccc1)c1ccccc1. The second-order valence-corrected chi connectivity index (χ2v) is 5.30. The molecule has 0 saturated heterocycles. The lowest BCUT2D eigenvalue weighted by atomic mass is 9.99. The number of rotatable bonds is 5.